The Balaban J connectivity index is 1.73. The SMILES string of the molecule is CNCC(O)COc1cccc(-c2nc(NC3CCOCC3OC)c(C)c(-c3c(C)noc3C)n2)c1. The minimum absolute atomic E-state index is 0.0473. The van der Waals surface area contributed by atoms with Crippen molar-refractivity contribution in [2.75, 3.05) is 45.8 Å². The number of likely N-dealkylation sites (N-methyl/N-ethyl adjacent to an activating group) is 1. The number of benzene rings is 1. The number of ether oxygens (including phenoxy) is 3. The van der Waals surface area contributed by atoms with Crippen LogP contribution in [0.5, 0.6) is 5.75 Å². The molecule has 10 heteroatoms. The van der Waals surface area contributed by atoms with Gasteiger partial charge < -0.3 is 34.5 Å². The maximum atomic E-state index is 10.0. The first kappa shape index (κ1) is 26.0. The quantitative estimate of drug-likeness (QED) is 0.385. The van der Waals surface area contributed by atoms with Gasteiger partial charge in [0.15, 0.2) is 5.82 Å². The molecule has 0 saturated carbocycles. The van der Waals surface area contributed by atoms with Gasteiger partial charge in [0.05, 0.1) is 29.6 Å². The third-order valence-electron chi connectivity index (χ3n) is 6.32. The van der Waals surface area contributed by atoms with Crippen molar-refractivity contribution in [3.8, 4) is 28.4 Å². The van der Waals surface area contributed by atoms with Gasteiger partial charge in [-0.05, 0) is 46.4 Å². The Hall–Kier alpha value is -3.05. The van der Waals surface area contributed by atoms with E-state index in [0.29, 0.717) is 37.1 Å². The van der Waals surface area contributed by atoms with E-state index in [1.54, 1.807) is 14.2 Å². The fraction of sp³-hybridized carbons (Fsp3) is 0.500. The molecule has 1 aliphatic heterocycles. The summed E-state index contributed by atoms with van der Waals surface area (Å²) in [7, 11) is 3.48. The number of hydrogen-bond donors (Lipinski definition) is 3. The second-order valence-electron chi connectivity index (χ2n) is 9.01. The first-order valence-corrected chi connectivity index (χ1v) is 12.2. The highest BCUT2D eigenvalue weighted by Gasteiger charge is 2.28. The lowest BCUT2D eigenvalue weighted by Crippen LogP contribution is -2.43. The Labute approximate surface area is 211 Å². The zero-order valence-corrected chi connectivity index (χ0v) is 21.5. The van der Waals surface area contributed by atoms with E-state index in [-0.39, 0.29) is 18.8 Å². The molecular weight excluding hydrogens is 462 g/mol. The molecule has 1 saturated heterocycles. The Bertz CT molecular complexity index is 1150. The third-order valence-corrected chi connectivity index (χ3v) is 6.32. The number of rotatable bonds is 10. The van der Waals surface area contributed by atoms with Gasteiger partial charge in [0, 0.05) is 31.4 Å². The normalized spacial score (nSPS) is 18.7. The number of nitrogens with one attached hydrogen (secondary N) is 2. The van der Waals surface area contributed by atoms with Gasteiger partial charge in [0.2, 0.25) is 0 Å². The van der Waals surface area contributed by atoms with Gasteiger partial charge in [0.25, 0.3) is 0 Å². The van der Waals surface area contributed by atoms with Crippen LogP contribution in [0.2, 0.25) is 0 Å². The monoisotopic (exact) mass is 497 g/mol. The summed E-state index contributed by atoms with van der Waals surface area (Å²) in [6, 6.07) is 7.61. The largest absolute Gasteiger partial charge is 0.491 e. The van der Waals surface area contributed by atoms with Crippen molar-refractivity contribution in [1.29, 1.82) is 0 Å². The number of aliphatic hydroxyl groups excluding tert-OH is 1. The van der Waals surface area contributed by atoms with Crippen LogP contribution in [0.1, 0.15) is 23.4 Å². The predicted octanol–water partition coefficient (Wildman–Crippen LogP) is 2.90. The van der Waals surface area contributed by atoms with E-state index in [2.05, 4.69) is 15.8 Å². The first-order valence-electron chi connectivity index (χ1n) is 12.2. The summed E-state index contributed by atoms with van der Waals surface area (Å²) in [5, 5.41) is 20.7. The van der Waals surface area contributed by atoms with Crippen LogP contribution in [0.15, 0.2) is 28.8 Å². The number of hydrogen-bond acceptors (Lipinski definition) is 10. The summed E-state index contributed by atoms with van der Waals surface area (Å²) >= 11 is 0. The molecule has 1 aromatic carbocycles. The minimum Gasteiger partial charge on any atom is -0.491 e. The van der Waals surface area contributed by atoms with Gasteiger partial charge in [0.1, 0.15) is 36.1 Å². The molecule has 0 amide bonds. The van der Waals surface area contributed by atoms with Crippen molar-refractivity contribution in [2.45, 2.75) is 45.4 Å². The zero-order valence-electron chi connectivity index (χ0n) is 21.5. The van der Waals surface area contributed by atoms with Crippen molar-refractivity contribution >= 4 is 5.82 Å². The van der Waals surface area contributed by atoms with Crippen LogP contribution in [-0.2, 0) is 9.47 Å². The molecule has 0 radical (unpaired) electrons. The summed E-state index contributed by atoms with van der Waals surface area (Å²) in [6.07, 6.45) is 0.111. The number of aryl methyl sites for hydroxylation is 2. The molecule has 4 rings (SSSR count). The molecule has 0 bridgehead atoms. The summed E-state index contributed by atoms with van der Waals surface area (Å²) in [5.74, 6) is 2.59. The highest BCUT2D eigenvalue weighted by atomic mass is 16.5. The van der Waals surface area contributed by atoms with E-state index >= 15 is 0 Å². The van der Waals surface area contributed by atoms with Crippen molar-refractivity contribution in [3.05, 3.63) is 41.3 Å². The van der Waals surface area contributed by atoms with Crippen LogP contribution in [0.25, 0.3) is 22.6 Å². The lowest BCUT2D eigenvalue weighted by molar-refractivity contribution is -0.0367. The molecule has 36 heavy (non-hydrogen) atoms. The average Bonchev–Trinajstić information content (AvgIpc) is 3.22. The Morgan fingerprint density at radius 2 is 2.06 bits per heavy atom. The van der Waals surface area contributed by atoms with E-state index < -0.39 is 6.10 Å². The fourth-order valence-electron chi connectivity index (χ4n) is 4.35. The number of aliphatic hydroxyl groups is 1. The summed E-state index contributed by atoms with van der Waals surface area (Å²) in [5.41, 5.74) is 4.08. The summed E-state index contributed by atoms with van der Waals surface area (Å²) in [6.45, 7) is 7.60. The maximum absolute atomic E-state index is 10.0. The van der Waals surface area contributed by atoms with Crippen molar-refractivity contribution in [2.24, 2.45) is 0 Å². The van der Waals surface area contributed by atoms with E-state index in [1.807, 2.05) is 45.0 Å². The Kier molecular flexibility index (Phi) is 8.52. The first-order chi connectivity index (χ1) is 17.4. The standard InChI is InChI=1S/C26H35N5O5/c1-15-24(23-16(2)31-36-17(23)3)29-26(30-25(15)28-21-9-10-34-14-22(21)33-5)18-7-6-8-20(11-18)35-13-19(32)12-27-4/h6-8,11,19,21-22,27,32H,9-10,12-14H2,1-5H3,(H,28,29,30). The molecule has 0 aliphatic carbocycles. The number of anilines is 1. The molecule has 0 spiro atoms. The molecule has 194 valence electrons. The molecule has 3 aromatic rings. The van der Waals surface area contributed by atoms with Gasteiger partial charge >= 0.3 is 0 Å². The summed E-state index contributed by atoms with van der Waals surface area (Å²) in [4.78, 5) is 9.86. The van der Waals surface area contributed by atoms with Crippen molar-refractivity contribution in [1.82, 2.24) is 20.4 Å². The molecule has 3 atom stereocenters. The van der Waals surface area contributed by atoms with Crippen LogP contribution in [0, 0.1) is 20.8 Å². The number of aromatic nitrogens is 3. The number of nitrogens with zero attached hydrogens (tertiary/aromatic N) is 3. The lowest BCUT2D eigenvalue weighted by atomic mass is 10.0. The minimum atomic E-state index is -0.607. The van der Waals surface area contributed by atoms with Crippen LogP contribution in [0.4, 0.5) is 5.82 Å². The molecule has 3 heterocycles. The highest BCUT2D eigenvalue weighted by Crippen LogP contribution is 2.34. The molecule has 2 aromatic heterocycles. The molecule has 1 aliphatic rings. The van der Waals surface area contributed by atoms with E-state index in [4.69, 9.17) is 28.7 Å². The molecule has 10 nitrogen and oxygen atoms in total. The van der Waals surface area contributed by atoms with Crippen molar-refractivity contribution in [3.63, 3.8) is 0 Å². The lowest BCUT2D eigenvalue weighted by Gasteiger charge is -2.32. The smallest absolute Gasteiger partial charge is 0.162 e. The van der Waals surface area contributed by atoms with E-state index in [9.17, 15) is 5.11 Å². The molecule has 3 N–H and O–H groups in total. The topological polar surface area (TPSA) is 124 Å². The molecular formula is C26H35N5O5. The van der Waals surface area contributed by atoms with Gasteiger partial charge in [-0.15, -0.1) is 0 Å². The summed E-state index contributed by atoms with van der Waals surface area (Å²) < 4.78 is 22.5. The predicted molar refractivity (Wildman–Crippen MR) is 136 cm³/mol. The highest BCUT2D eigenvalue weighted by molar-refractivity contribution is 5.74. The third kappa shape index (κ3) is 5.84. The maximum Gasteiger partial charge on any atom is 0.162 e. The van der Waals surface area contributed by atoms with Gasteiger partial charge in [-0.25, -0.2) is 9.97 Å². The second-order valence-corrected chi connectivity index (χ2v) is 9.01. The van der Waals surface area contributed by atoms with Crippen LogP contribution < -0.4 is 15.4 Å². The van der Waals surface area contributed by atoms with Gasteiger partial charge in [-0.1, -0.05) is 17.3 Å². The number of methoxy groups -OCH3 is 1. The molecule has 1 fully saturated rings. The Morgan fingerprint density at radius 3 is 2.78 bits per heavy atom. The fourth-order valence-corrected chi connectivity index (χ4v) is 4.35. The van der Waals surface area contributed by atoms with Crippen LogP contribution in [0.3, 0.4) is 0 Å². The van der Waals surface area contributed by atoms with Crippen LogP contribution in [-0.4, -0.2) is 79.0 Å². The van der Waals surface area contributed by atoms with Gasteiger partial charge in [-0.3, -0.25) is 0 Å². The van der Waals surface area contributed by atoms with E-state index in [0.717, 1.165) is 40.3 Å². The Morgan fingerprint density at radius 1 is 1.22 bits per heavy atom. The van der Waals surface area contributed by atoms with Gasteiger partial charge in [-0.2, -0.15) is 0 Å². The van der Waals surface area contributed by atoms with Crippen LogP contribution >= 0.6 is 0 Å². The average molecular weight is 498 g/mol. The van der Waals surface area contributed by atoms with Crippen molar-refractivity contribution < 1.29 is 23.8 Å². The zero-order chi connectivity index (χ0) is 25.7. The second kappa shape index (κ2) is 11.8. The van der Waals surface area contributed by atoms with E-state index in [1.165, 1.54) is 0 Å². The molecule has 3 unspecified atom stereocenters.